The molecule has 3 aromatic rings. The minimum atomic E-state index is -0.526. The van der Waals surface area contributed by atoms with E-state index in [1.807, 2.05) is 24.3 Å². The third-order valence-electron chi connectivity index (χ3n) is 5.88. The Morgan fingerprint density at radius 3 is 2.75 bits per heavy atom. The lowest BCUT2D eigenvalue weighted by Gasteiger charge is -2.38. The van der Waals surface area contributed by atoms with Gasteiger partial charge in [-0.3, -0.25) is 19.8 Å². The number of rotatable bonds is 3. The summed E-state index contributed by atoms with van der Waals surface area (Å²) in [5.74, 6) is 0.317. The number of allylic oxidation sites excluding steroid dienone is 3. The zero-order valence-corrected chi connectivity index (χ0v) is 17.8. The lowest BCUT2D eigenvalue weighted by atomic mass is 9.76. The van der Waals surface area contributed by atoms with Gasteiger partial charge < -0.3 is 5.73 Å². The van der Waals surface area contributed by atoms with Gasteiger partial charge in [-0.05, 0) is 42.2 Å². The number of nitriles is 1. The van der Waals surface area contributed by atoms with Crippen LogP contribution in [0.2, 0.25) is 5.02 Å². The minimum absolute atomic E-state index is 0.0267. The normalized spacial score (nSPS) is 18.6. The number of aromatic nitrogens is 3. The van der Waals surface area contributed by atoms with Crippen LogP contribution in [0, 0.1) is 11.3 Å². The quantitative estimate of drug-likeness (QED) is 0.620. The number of nitrogens with zero attached hydrogens (tertiary/aromatic N) is 4. The van der Waals surface area contributed by atoms with Crippen molar-refractivity contribution in [3.63, 3.8) is 0 Å². The van der Waals surface area contributed by atoms with Crippen molar-refractivity contribution in [2.75, 3.05) is 4.90 Å². The summed E-state index contributed by atoms with van der Waals surface area (Å²) < 4.78 is 0. The average molecular weight is 443 g/mol. The van der Waals surface area contributed by atoms with E-state index in [0.717, 1.165) is 28.9 Å². The molecule has 5 rings (SSSR count). The molecule has 0 saturated carbocycles. The highest BCUT2D eigenvalue weighted by atomic mass is 35.5. The van der Waals surface area contributed by atoms with E-state index >= 15 is 0 Å². The first-order valence-corrected chi connectivity index (χ1v) is 10.6. The minimum Gasteiger partial charge on any atom is -0.384 e. The van der Waals surface area contributed by atoms with Crippen LogP contribution < -0.4 is 10.6 Å². The molecule has 0 amide bonds. The number of H-pyrrole nitrogens is 1. The van der Waals surface area contributed by atoms with Crippen molar-refractivity contribution in [3.8, 4) is 17.3 Å². The van der Waals surface area contributed by atoms with E-state index < -0.39 is 5.92 Å². The van der Waals surface area contributed by atoms with E-state index in [-0.39, 0.29) is 11.6 Å². The van der Waals surface area contributed by atoms with Crippen LogP contribution in [0.1, 0.15) is 30.7 Å². The number of halogens is 1. The van der Waals surface area contributed by atoms with Gasteiger partial charge >= 0.3 is 0 Å². The van der Waals surface area contributed by atoms with E-state index in [1.165, 1.54) is 0 Å². The molecule has 0 bridgehead atoms. The first kappa shape index (κ1) is 20.0. The molecule has 2 aromatic heterocycles. The van der Waals surface area contributed by atoms with Gasteiger partial charge in [0.15, 0.2) is 11.6 Å². The molecular formula is C24H19ClN6O. The number of anilines is 1. The maximum Gasteiger partial charge on any atom is 0.161 e. The second kappa shape index (κ2) is 7.98. The molecule has 3 heterocycles. The Hall–Kier alpha value is -3.89. The number of pyridine rings is 1. The van der Waals surface area contributed by atoms with Crippen LogP contribution in [0.25, 0.3) is 11.3 Å². The molecule has 1 aromatic carbocycles. The fraction of sp³-hybridized carbons (Fsp3) is 0.167. The Morgan fingerprint density at radius 1 is 1.22 bits per heavy atom. The van der Waals surface area contributed by atoms with Crippen molar-refractivity contribution in [2.24, 2.45) is 5.73 Å². The molecule has 0 spiro atoms. The molecule has 1 unspecified atom stereocenters. The molecule has 1 aliphatic carbocycles. The van der Waals surface area contributed by atoms with Crippen molar-refractivity contribution in [1.29, 1.82) is 5.26 Å². The Bertz CT molecular complexity index is 1300. The van der Waals surface area contributed by atoms with Gasteiger partial charge in [0.25, 0.3) is 0 Å². The lowest BCUT2D eigenvalue weighted by molar-refractivity contribution is -0.116. The highest BCUT2D eigenvalue weighted by Gasteiger charge is 2.41. The molecule has 0 saturated heterocycles. The number of nitrogens with two attached hydrogens (primary N) is 1. The summed E-state index contributed by atoms with van der Waals surface area (Å²) >= 11 is 6.00. The summed E-state index contributed by atoms with van der Waals surface area (Å²) in [6, 6.07) is 15.2. The molecule has 3 N–H and O–H groups in total. The van der Waals surface area contributed by atoms with Crippen LogP contribution in [-0.4, -0.2) is 21.0 Å². The molecule has 158 valence electrons. The van der Waals surface area contributed by atoms with E-state index in [4.69, 9.17) is 17.3 Å². The summed E-state index contributed by atoms with van der Waals surface area (Å²) in [5, 5.41) is 18.2. The van der Waals surface area contributed by atoms with Gasteiger partial charge in [-0.1, -0.05) is 29.8 Å². The first-order valence-electron chi connectivity index (χ1n) is 10.3. The molecule has 1 aliphatic heterocycles. The van der Waals surface area contributed by atoms with Gasteiger partial charge in [0.1, 0.15) is 5.82 Å². The summed E-state index contributed by atoms with van der Waals surface area (Å²) in [6.45, 7) is 0. The molecular weight excluding hydrogens is 424 g/mol. The fourth-order valence-electron chi connectivity index (χ4n) is 4.43. The summed E-state index contributed by atoms with van der Waals surface area (Å²) in [4.78, 5) is 19.0. The molecule has 7 nitrogen and oxygen atoms in total. The Labute approximate surface area is 189 Å². The van der Waals surface area contributed by atoms with Crippen molar-refractivity contribution in [2.45, 2.75) is 25.2 Å². The van der Waals surface area contributed by atoms with Crippen molar-refractivity contribution >= 4 is 23.2 Å². The standard InChI is InChI=1S/C24H19ClN6O/c25-16-8-6-14(7-9-16)18-11-21(30-29-18)31-19-4-1-5-20(32)23(19)22(17(12-26)24(31)27)15-3-2-10-28-13-15/h2-3,6-11,13,22H,1,4-5,27H2,(H,29,30). The predicted octanol–water partition coefficient (Wildman–Crippen LogP) is 4.43. The number of carbonyl (C=O) groups excluding carboxylic acids is 1. The molecule has 2 aliphatic rings. The number of ketones is 1. The number of carbonyl (C=O) groups is 1. The van der Waals surface area contributed by atoms with Crippen LogP contribution in [0.4, 0.5) is 5.82 Å². The van der Waals surface area contributed by atoms with Crippen LogP contribution in [0.15, 0.2) is 77.5 Å². The number of Topliss-reactive ketones (excluding diaryl/α,β-unsaturated/α-hetero) is 1. The predicted molar refractivity (Wildman–Crippen MR) is 121 cm³/mol. The maximum absolute atomic E-state index is 13.1. The molecule has 0 radical (unpaired) electrons. The lowest BCUT2D eigenvalue weighted by Crippen LogP contribution is -2.39. The van der Waals surface area contributed by atoms with Crippen molar-refractivity contribution in [1.82, 2.24) is 15.2 Å². The Morgan fingerprint density at radius 2 is 2.03 bits per heavy atom. The first-order chi connectivity index (χ1) is 15.6. The van der Waals surface area contributed by atoms with Crippen molar-refractivity contribution < 1.29 is 4.79 Å². The second-order valence-electron chi connectivity index (χ2n) is 7.75. The van der Waals surface area contributed by atoms with Gasteiger partial charge in [-0.15, -0.1) is 0 Å². The van der Waals surface area contributed by atoms with Gasteiger partial charge in [-0.25, -0.2) is 0 Å². The van der Waals surface area contributed by atoms with E-state index in [9.17, 15) is 10.1 Å². The maximum atomic E-state index is 13.1. The van der Waals surface area contributed by atoms with Crippen LogP contribution in [0.3, 0.4) is 0 Å². The second-order valence-corrected chi connectivity index (χ2v) is 8.19. The number of hydrogen-bond donors (Lipinski definition) is 2. The monoisotopic (exact) mass is 442 g/mol. The van der Waals surface area contributed by atoms with Crippen LogP contribution >= 0.6 is 11.6 Å². The molecule has 32 heavy (non-hydrogen) atoms. The summed E-state index contributed by atoms with van der Waals surface area (Å²) in [5.41, 5.74) is 10.7. The number of aromatic amines is 1. The van der Waals surface area contributed by atoms with E-state index in [1.54, 1.807) is 35.5 Å². The van der Waals surface area contributed by atoms with Gasteiger partial charge in [0.2, 0.25) is 0 Å². The topological polar surface area (TPSA) is 112 Å². The third kappa shape index (κ3) is 3.26. The molecule has 1 atom stereocenters. The largest absolute Gasteiger partial charge is 0.384 e. The zero-order valence-electron chi connectivity index (χ0n) is 17.0. The number of benzene rings is 1. The third-order valence-corrected chi connectivity index (χ3v) is 6.13. The molecule has 0 fully saturated rings. The smallest absolute Gasteiger partial charge is 0.161 e. The zero-order chi connectivity index (χ0) is 22.2. The summed E-state index contributed by atoms with van der Waals surface area (Å²) in [7, 11) is 0. The van der Waals surface area contributed by atoms with Crippen LogP contribution in [-0.2, 0) is 4.79 Å². The molecule has 8 heteroatoms. The fourth-order valence-corrected chi connectivity index (χ4v) is 4.56. The van der Waals surface area contributed by atoms with E-state index in [2.05, 4.69) is 21.3 Å². The number of hydrogen-bond acceptors (Lipinski definition) is 6. The highest BCUT2D eigenvalue weighted by molar-refractivity contribution is 6.30. The SMILES string of the molecule is N#CC1=C(N)N(c2cc(-c3ccc(Cl)cc3)[nH]n2)C2=C(C(=O)CCC2)C1c1cccnc1. The number of nitrogens with one attached hydrogen (secondary N) is 1. The van der Waals surface area contributed by atoms with Crippen LogP contribution in [0.5, 0.6) is 0 Å². The Kier molecular flexibility index (Phi) is 5.00. The van der Waals surface area contributed by atoms with E-state index in [0.29, 0.717) is 34.8 Å². The Balaban J connectivity index is 1.66. The van der Waals surface area contributed by atoms with Crippen molar-refractivity contribution in [3.05, 3.63) is 88.1 Å². The van der Waals surface area contributed by atoms with Gasteiger partial charge in [0, 0.05) is 41.2 Å². The highest BCUT2D eigenvalue weighted by Crippen LogP contribution is 2.46. The van der Waals surface area contributed by atoms with Gasteiger partial charge in [-0.2, -0.15) is 10.4 Å². The average Bonchev–Trinajstić information content (AvgIpc) is 3.29. The van der Waals surface area contributed by atoms with Gasteiger partial charge in [0.05, 0.1) is 23.3 Å². The summed E-state index contributed by atoms with van der Waals surface area (Å²) in [6.07, 6.45) is 5.18.